The van der Waals surface area contributed by atoms with Gasteiger partial charge in [-0.1, -0.05) is 26.8 Å². The Morgan fingerprint density at radius 1 is 1.38 bits per heavy atom. The summed E-state index contributed by atoms with van der Waals surface area (Å²) in [6.07, 6.45) is 1.09. The Hall–Kier alpha value is -1.09. The van der Waals surface area contributed by atoms with Gasteiger partial charge in [0.05, 0.1) is 16.8 Å². The first-order valence-electron chi connectivity index (χ1n) is 5.52. The third kappa shape index (κ3) is 1.80. The molecule has 0 fully saturated rings. The van der Waals surface area contributed by atoms with Crippen LogP contribution in [0.5, 0.6) is 5.75 Å². The predicted molar refractivity (Wildman–Crippen MR) is 69.5 cm³/mol. The van der Waals surface area contributed by atoms with Gasteiger partial charge < -0.3 is 4.74 Å². The molecule has 2 nitrogen and oxygen atoms in total. The van der Waals surface area contributed by atoms with Gasteiger partial charge >= 0.3 is 0 Å². The maximum atomic E-state index is 5.33. The molecule has 0 aliphatic rings. The van der Waals surface area contributed by atoms with Crippen LogP contribution >= 0.6 is 11.3 Å². The minimum atomic E-state index is 0.148. The van der Waals surface area contributed by atoms with E-state index in [4.69, 9.17) is 9.72 Å². The van der Waals surface area contributed by atoms with E-state index in [1.54, 1.807) is 18.4 Å². The average Bonchev–Trinajstić information content (AvgIpc) is 2.73. The van der Waals surface area contributed by atoms with E-state index in [9.17, 15) is 0 Å². The lowest BCUT2D eigenvalue weighted by Gasteiger charge is -2.18. The highest BCUT2D eigenvalue weighted by Crippen LogP contribution is 2.36. The van der Waals surface area contributed by atoms with Gasteiger partial charge in [-0.2, -0.15) is 0 Å². The minimum absolute atomic E-state index is 0.148. The van der Waals surface area contributed by atoms with Gasteiger partial charge in [0.15, 0.2) is 0 Å². The standard InChI is InChI=1S/C13H17NOS/c1-5-13(2,3)12-14-11-9(15-4)7-6-8-10(11)16-12/h6-8H,5H2,1-4H3. The van der Waals surface area contributed by atoms with Crippen LogP contribution < -0.4 is 4.74 Å². The topological polar surface area (TPSA) is 22.1 Å². The van der Waals surface area contributed by atoms with Crippen molar-refractivity contribution >= 4 is 21.6 Å². The molecule has 0 atom stereocenters. The number of hydrogen-bond donors (Lipinski definition) is 0. The number of thiazole rings is 1. The Balaban J connectivity index is 2.60. The highest BCUT2D eigenvalue weighted by Gasteiger charge is 2.23. The molecular weight excluding hydrogens is 218 g/mol. The van der Waals surface area contributed by atoms with Gasteiger partial charge in [-0.15, -0.1) is 11.3 Å². The molecule has 0 N–H and O–H groups in total. The summed E-state index contributed by atoms with van der Waals surface area (Å²) in [5, 5.41) is 1.19. The zero-order chi connectivity index (χ0) is 11.8. The zero-order valence-corrected chi connectivity index (χ0v) is 11.0. The molecule has 16 heavy (non-hydrogen) atoms. The molecule has 0 saturated carbocycles. The summed E-state index contributed by atoms with van der Waals surface area (Å²) in [6, 6.07) is 6.08. The van der Waals surface area contributed by atoms with E-state index in [-0.39, 0.29) is 5.41 Å². The largest absolute Gasteiger partial charge is 0.494 e. The van der Waals surface area contributed by atoms with Crippen molar-refractivity contribution in [1.29, 1.82) is 0 Å². The van der Waals surface area contributed by atoms with Crippen LogP contribution in [0, 0.1) is 0 Å². The maximum absolute atomic E-state index is 5.33. The van der Waals surface area contributed by atoms with Gasteiger partial charge in [-0.3, -0.25) is 0 Å². The number of fused-ring (bicyclic) bond motifs is 1. The number of benzene rings is 1. The zero-order valence-electron chi connectivity index (χ0n) is 10.2. The summed E-state index contributed by atoms with van der Waals surface area (Å²) in [6.45, 7) is 6.66. The lowest BCUT2D eigenvalue weighted by atomic mass is 9.91. The van der Waals surface area contributed by atoms with Crippen molar-refractivity contribution in [1.82, 2.24) is 4.98 Å². The number of nitrogens with zero attached hydrogens (tertiary/aromatic N) is 1. The van der Waals surface area contributed by atoms with Crippen molar-refractivity contribution in [3.05, 3.63) is 23.2 Å². The fourth-order valence-corrected chi connectivity index (χ4v) is 2.68. The van der Waals surface area contributed by atoms with E-state index in [1.165, 1.54) is 9.71 Å². The fraction of sp³-hybridized carbons (Fsp3) is 0.462. The monoisotopic (exact) mass is 235 g/mol. The van der Waals surface area contributed by atoms with Crippen LogP contribution in [-0.2, 0) is 5.41 Å². The molecular formula is C13H17NOS. The molecule has 0 saturated heterocycles. The SMILES string of the molecule is CCC(C)(C)c1nc2c(OC)cccc2s1. The van der Waals surface area contributed by atoms with Crippen molar-refractivity contribution in [3.63, 3.8) is 0 Å². The van der Waals surface area contributed by atoms with Crippen LogP contribution in [0.25, 0.3) is 10.2 Å². The molecule has 0 amide bonds. The van der Waals surface area contributed by atoms with E-state index in [0.29, 0.717) is 0 Å². The van der Waals surface area contributed by atoms with Crippen LogP contribution in [0.2, 0.25) is 0 Å². The normalized spacial score (nSPS) is 12.0. The van der Waals surface area contributed by atoms with Crippen LogP contribution in [0.15, 0.2) is 18.2 Å². The maximum Gasteiger partial charge on any atom is 0.145 e. The lowest BCUT2D eigenvalue weighted by molar-refractivity contribution is 0.418. The van der Waals surface area contributed by atoms with Gasteiger partial charge in [0.2, 0.25) is 0 Å². The number of methoxy groups -OCH3 is 1. The highest BCUT2D eigenvalue weighted by atomic mass is 32.1. The van der Waals surface area contributed by atoms with Crippen LogP contribution in [-0.4, -0.2) is 12.1 Å². The first kappa shape index (κ1) is 11.4. The smallest absolute Gasteiger partial charge is 0.145 e. The van der Waals surface area contributed by atoms with Gasteiger partial charge in [-0.25, -0.2) is 4.98 Å². The molecule has 86 valence electrons. The van der Waals surface area contributed by atoms with Gasteiger partial charge in [0.1, 0.15) is 11.3 Å². The summed E-state index contributed by atoms with van der Waals surface area (Å²) in [4.78, 5) is 4.72. The third-order valence-corrected chi connectivity index (χ3v) is 4.45. The summed E-state index contributed by atoms with van der Waals surface area (Å²) in [7, 11) is 1.69. The average molecular weight is 235 g/mol. The number of para-hydroxylation sites is 1. The molecule has 0 aliphatic heterocycles. The Bertz CT molecular complexity index is 502. The lowest BCUT2D eigenvalue weighted by Crippen LogP contribution is -2.14. The number of aromatic nitrogens is 1. The third-order valence-electron chi connectivity index (χ3n) is 3.06. The van der Waals surface area contributed by atoms with Gasteiger partial charge in [-0.05, 0) is 18.6 Å². The van der Waals surface area contributed by atoms with Crippen LogP contribution in [0.1, 0.15) is 32.2 Å². The number of ether oxygens (including phenoxy) is 1. The summed E-state index contributed by atoms with van der Waals surface area (Å²) < 4.78 is 6.54. The van der Waals surface area contributed by atoms with Crippen molar-refractivity contribution in [3.8, 4) is 5.75 Å². The molecule has 0 aliphatic carbocycles. The van der Waals surface area contributed by atoms with Gasteiger partial charge in [0, 0.05) is 5.41 Å². The molecule has 2 rings (SSSR count). The minimum Gasteiger partial charge on any atom is -0.494 e. The molecule has 0 bridgehead atoms. The molecule has 2 aromatic rings. The van der Waals surface area contributed by atoms with E-state index < -0.39 is 0 Å². The summed E-state index contributed by atoms with van der Waals surface area (Å²) in [5.41, 5.74) is 1.14. The van der Waals surface area contributed by atoms with E-state index >= 15 is 0 Å². The second-order valence-electron chi connectivity index (χ2n) is 4.56. The van der Waals surface area contributed by atoms with E-state index in [2.05, 4.69) is 26.8 Å². The summed E-state index contributed by atoms with van der Waals surface area (Å²) in [5.74, 6) is 0.868. The van der Waals surface area contributed by atoms with Crippen molar-refractivity contribution in [2.45, 2.75) is 32.6 Å². The quantitative estimate of drug-likeness (QED) is 0.802. The van der Waals surface area contributed by atoms with Crippen molar-refractivity contribution in [2.24, 2.45) is 0 Å². The molecule has 0 radical (unpaired) electrons. The van der Waals surface area contributed by atoms with E-state index in [0.717, 1.165) is 17.7 Å². The molecule has 0 unspecified atom stereocenters. The molecule has 1 aromatic heterocycles. The Kier molecular flexibility index (Phi) is 2.89. The first-order chi connectivity index (χ1) is 7.58. The van der Waals surface area contributed by atoms with Crippen molar-refractivity contribution in [2.75, 3.05) is 7.11 Å². The first-order valence-corrected chi connectivity index (χ1v) is 6.34. The highest BCUT2D eigenvalue weighted by molar-refractivity contribution is 7.18. The second-order valence-corrected chi connectivity index (χ2v) is 5.59. The fourth-order valence-electron chi connectivity index (χ4n) is 1.53. The Morgan fingerprint density at radius 3 is 2.75 bits per heavy atom. The van der Waals surface area contributed by atoms with E-state index in [1.807, 2.05) is 12.1 Å². The Morgan fingerprint density at radius 2 is 2.12 bits per heavy atom. The predicted octanol–water partition coefficient (Wildman–Crippen LogP) is 3.99. The summed E-state index contributed by atoms with van der Waals surface area (Å²) >= 11 is 1.77. The Labute approximate surface area is 100 Å². The molecule has 3 heteroatoms. The van der Waals surface area contributed by atoms with Crippen LogP contribution in [0.3, 0.4) is 0 Å². The second kappa shape index (κ2) is 4.06. The molecule has 1 aromatic carbocycles. The van der Waals surface area contributed by atoms with Crippen LogP contribution in [0.4, 0.5) is 0 Å². The number of hydrogen-bond acceptors (Lipinski definition) is 3. The molecule has 0 spiro atoms. The van der Waals surface area contributed by atoms with Crippen molar-refractivity contribution < 1.29 is 4.74 Å². The number of rotatable bonds is 3. The van der Waals surface area contributed by atoms with Gasteiger partial charge in [0.25, 0.3) is 0 Å². The molecule has 1 heterocycles.